The maximum absolute atomic E-state index is 13.2. The van der Waals surface area contributed by atoms with Gasteiger partial charge in [0.1, 0.15) is 25.0 Å². The van der Waals surface area contributed by atoms with Crippen LogP contribution in [0.25, 0.3) is 0 Å². The molecule has 4 rings (SSSR count). The van der Waals surface area contributed by atoms with E-state index >= 15 is 0 Å². The average Bonchev–Trinajstić information content (AvgIpc) is 3.30. The van der Waals surface area contributed by atoms with Gasteiger partial charge in [-0.3, -0.25) is 4.79 Å². The number of nitrogens with one attached hydrogen (secondary N) is 2. The number of carbonyl (C=O) groups is 2. The highest BCUT2D eigenvalue weighted by Gasteiger charge is 2.29. The standard InChI is InChI=1S/C28H31N3O4/c29-23-13-14-24(17-23)30-27(32)26(31-28(33)35-19-21-9-5-2-6-10-21)22-11-15-25(16-12-22)34-18-20-7-3-1-4-8-20/h1-12,15-16,23-24,26H,13-14,17-19,29H2,(H,30,32)(H,31,33)/t23-,24+,26+/m1/s1. The minimum absolute atomic E-state index is 0.00406. The molecule has 0 aliphatic heterocycles. The van der Waals surface area contributed by atoms with Crippen LogP contribution in [0.3, 0.4) is 0 Å². The fraction of sp³-hybridized carbons (Fsp3) is 0.286. The number of alkyl carbamates (subject to hydrolysis) is 1. The highest BCUT2D eigenvalue weighted by molar-refractivity contribution is 5.87. The second-order valence-electron chi connectivity index (χ2n) is 8.76. The summed E-state index contributed by atoms with van der Waals surface area (Å²) in [5.41, 5.74) is 8.55. The molecule has 3 aromatic carbocycles. The monoisotopic (exact) mass is 473 g/mol. The number of benzene rings is 3. The van der Waals surface area contributed by atoms with Crippen LogP contribution in [0.5, 0.6) is 5.75 Å². The summed E-state index contributed by atoms with van der Waals surface area (Å²) in [4.78, 5) is 25.7. The van der Waals surface area contributed by atoms with E-state index < -0.39 is 12.1 Å². The number of amides is 2. The Balaban J connectivity index is 1.41. The Labute approximate surface area is 205 Å². The number of carbonyl (C=O) groups excluding carboxylic acids is 2. The lowest BCUT2D eigenvalue weighted by molar-refractivity contribution is -0.123. The third-order valence-corrected chi connectivity index (χ3v) is 6.02. The van der Waals surface area contributed by atoms with E-state index in [2.05, 4.69) is 10.6 Å². The summed E-state index contributed by atoms with van der Waals surface area (Å²) in [6.45, 7) is 0.556. The third kappa shape index (κ3) is 7.32. The predicted molar refractivity (Wildman–Crippen MR) is 133 cm³/mol. The Kier molecular flexibility index (Phi) is 8.35. The van der Waals surface area contributed by atoms with Crippen LogP contribution in [-0.4, -0.2) is 24.1 Å². The van der Waals surface area contributed by atoms with Crippen molar-refractivity contribution in [1.82, 2.24) is 10.6 Å². The van der Waals surface area contributed by atoms with Crippen molar-refractivity contribution in [3.63, 3.8) is 0 Å². The van der Waals surface area contributed by atoms with Gasteiger partial charge in [-0.1, -0.05) is 72.8 Å². The zero-order valence-electron chi connectivity index (χ0n) is 19.6. The molecule has 1 aliphatic carbocycles. The fourth-order valence-corrected chi connectivity index (χ4v) is 4.11. The molecule has 4 N–H and O–H groups in total. The fourth-order valence-electron chi connectivity index (χ4n) is 4.11. The second kappa shape index (κ2) is 12.0. The number of ether oxygens (including phenoxy) is 2. The molecule has 0 saturated heterocycles. The van der Waals surface area contributed by atoms with Crippen LogP contribution in [0, 0.1) is 0 Å². The summed E-state index contributed by atoms with van der Waals surface area (Å²) < 4.78 is 11.2. The van der Waals surface area contributed by atoms with Crippen molar-refractivity contribution >= 4 is 12.0 Å². The molecule has 7 heteroatoms. The van der Waals surface area contributed by atoms with Crippen LogP contribution in [-0.2, 0) is 22.7 Å². The van der Waals surface area contributed by atoms with E-state index in [1.165, 1.54) is 0 Å². The Morgan fingerprint density at radius 2 is 1.49 bits per heavy atom. The first-order valence-corrected chi connectivity index (χ1v) is 11.9. The van der Waals surface area contributed by atoms with Crippen molar-refractivity contribution in [1.29, 1.82) is 0 Å². The summed E-state index contributed by atoms with van der Waals surface area (Å²) in [5.74, 6) is 0.379. The molecular weight excluding hydrogens is 442 g/mol. The summed E-state index contributed by atoms with van der Waals surface area (Å²) in [7, 11) is 0. The average molecular weight is 474 g/mol. The zero-order valence-corrected chi connectivity index (χ0v) is 19.6. The third-order valence-electron chi connectivity index (χ3n) is 6.02. The molecule has 0 radical (unpaired) electrons. The van der Waals surface area contributed by atoms with E-state index in [4.69, 9.17) is 15.2 Å². The Morgan fingerprint density at radius 3 is 2.09 bits per heavy atom. The van der Waals surface area contributed by atoms with E-state index in [1.807, 2.05) is 60.7 Å². The second-order valence-corrected chi connectivity index (χ2v) is 8.76. The normalized spacial score (nSPS) is 17.9. The largest absolute Gasteiger partial charge is 0.489 e. The molecular formula is C28H31N3O4. The highest BCUT2D eigenvalue weighted by Crippen LogP contribution is 2.22. The Morgan fingerprint density at radius 1 is 0.857 bits per heavy atom. The number of hydrogen-bond donors (Lipinski definition) is 3. The lowest BCUT2D eigenvalue weighted by atomic mass is 10.1. The van der Waals surface area contributed by atoms with Crippen molar-refractivity contribution < 1.29 is 19.1 Å². The molecule has 0 unspecified atom stereocenters. The van der Waals surface area contributed by atoms with Gasteiger partial charge in [0, 0.05) is 12.1 Å². The van der Waals surface area contributed by atoms with Crippen LogP contribution in [0.2, 0.25) is 0 Å². The summed E-state index contributed by atoms with van der Waals surface area (Å²) in [6, 6.07) is 25.6. The molecule has 3 atom stereocenters. The van der Waals surface area contributed by atoms with E-state index in [0.29, 0.717) is 17.9 Å². The molecule has 35 heavy (non-hydrogen) atoms. The van der Waals surface area contributed by atoms with Gasteiger partial charge in [0.25, 0.3) is 0 Å². The smallest absolute Gasteiger partial charge is 0.408 e. The van der Waals surface area contributed by atoms with E-state index in [-0.39, 0.29) is 24.6 Å². The van der Waals surface area contributed by atoms with Gasteiger partial charge < -0.3 is 25.8 Å². The summed E-state index contributed by atoms with van der Waals surface area (Å²) in [5, 5.41) is 5.75. The predicted octanol–water partition coefficient (Wildman–Crippen LogP) is 4.23. The SMILES string of the molecule is N[C@@H]1CC[C@H](NC(=O)[C@@H](NC(=O)OCc2ccccc2)c2ccc(OCc3ccccc3)cc2)C1. The Bertz CT molecular complexity index is 1090. The van der Waals surface area contributed by atoms with Gasteiger partial charge in [0.05, 0.1) is 0 Å². The van der Waals surface area contributed by atoms with E-state index in [1.54, 1.807) is 24.3 Å². The first-order chi connectivity index (χ1) is 17.1. The first kappa shape index (κ1) is 24.3. The number of hydrogen-bond acceptors (Lipinski definition) is 5. The molecule has 3 aromatic rings. The molecule has 182 valence electrons. The van der Waals surface area contributed by atoms with Crippen LogP contribution in [0.1, 0.15) is 42.0 Å². The lowest BCUT2D eigenvalue weighted by Gasteiger charge is -2.21. The number of rotatable bonds is 9. The number of nitrogens with two attached hydrogens (primary N) is 1. The lowest BCUT2D eigenvalue weighted by Crippen LogP contribution is -2.44. The van der Waals surface area contributed by atoms with Gasteiger partial charge in [-0.25, -0.2) is 4.79 Å². The minimum atomic E-state index is -0.904. The van der Waals surface area contributed by atoms with Crippen molar-refractivity contribution in [3.05, 3.63) is 102 Å². The van der Waals surface area contributed by atoms with Gasteiger partial charge in [-0.05, 0) is 48.1 Å². The van der Waals surface area contributed by atoms with Crippen molar-refractivity contribution in [2.24, 2.45) is 5.73 Å². The van der Waals surface area contributed by atoms with Crippen molar-refractivity contribution in [3.8, 4) is 5.75 Å². The first-order valence-electron chi connectivity index (χ1n) is 11.9. The van der Waals surface area contributed by atoms with Gasteiger partial charge >= 0.3 is 6.09 Å². The maximum atomic E-state index is 13.2. The molecule has 0 aromatic heterocycles. The van der Waals surface area contributed by atoms with E-state index in [9.17, 15) is 9.59 Å². The van der Waals surface area contributed by atoms with Crippen molar-refractivity contribution in [2.75, 3.05) is 0 Å². The summed E-state index contributed by atoms with van der Waals surface area (Å²) in [6.07, 6.45) is 1.75. The molecule has 0 spiro atoms. The summed E-state index contributed by atoms with van der Waals surface area (Å²) >= 11 is 0. The molecule has 0 heterocycles. The quantitative estimate of drug-likeness (QED) is 0.432. The van der Waals surface area contributed by atoms with E-state index in [0.717, 1.165) is 30.4 Å². The molecule has 0 bridgehead atoms. The van der Waals surface area contributed by atoms with Gasteiger partial charge in [0.15, 0.2) is 0 Å². The van der Waals surface area contributed by atoms with Crippen molar-refractivity contribution in [2.45, 2.75) is 50.6 Å². The van der Waals surface area contributed by atoms with Crippen LogP contribution in [0.15, 0.2) is 84.9 Å². The molecule has 1 aliphatic rings. The maximum Gasteiger partial charge on any atom is 0.408 e. The van der Waals surface area contributed by atoms with Crippen LogP contribution in [0.4, 0.5) is 4.79 Å². The zero-order chi connectivity index (χ0) is 24.5. The Hall–Kier alpha value is -3.84. The molecule has 2 amide bonds. The van der Waals surface area contributed by atoms with Gasteiger partial charge in [-0.2, -0.15) is 0 Å². The van der Waals surface area contributed by atoms with Gasteiger partial charge in [-0.15, -0.1) is 0 Å². The molecule has 1 fully saturated rings. The van der Waals surface area contributed by atoms with Crippen LogP contribution < -0.4 is 21.1 Å². The molecule has 7 nitrogen and oxygen atoms in total. The van der Waals surface area contributed by atoms with Crippen LogP contribution >= 0.6 is 0 Å². The topological polar surface area (TPSA) is 103 Å². The molecule has 1 saturated carbocycles. The highest BCUT2D eigenvalue weighted by atomic mass is 16.5. The minimum Gasteiger partial charge on any atom is -0.489 e. The van der Waals surface area contributed by atoms with Gasteiger partial charge in [0.2, 0.25) is 5.91 Å².